The summed E-state index contributed by atoms with van der Waals surface area (Å²) in [5.74, 6) is 0.573. The van der Waals surface area contributed by atoms with Crippen LogP contribution in [0.25, 0.3) is 15.6 Å². The van der Waals surface area contributed by atoms with E-state index in [1.807, 2.05) is 104 Å². The second-order valence-electron chi connectivity index (χ2n) is 17.4. The standard InChI is InChI=1S/C58H51BrN6O2/c1-56(2,3)67-55(66)64(42-43-25-11-4-12-26-43)40-39-51(59)50-41-52(61-57(44-27-13-5-14-28-44,45-29-15-6-16-30-45)46-31-17-7-18-32-46)60-54-53(50)62-63-65(54)58(47-33-19-8-20-34-47,48-35-21-9-22-36-48)49-37-23-10-24-38-49/h4-39,41H,40,42H2,1-3H3,(H,60,61)/b51-39+. The van der Waals surface area contributed by atoms with Crippen molar-refractivity contribution in [3.63, 3.8) is 0 Å². The smallest absolute Gasteiger partial charge is 0.410 e. The van der Waals surface area contributed by atoms with E-state index in [0.717, 1.165) is 44.5 Å². The Balaban J connectivity index is 1.31. The lowest BCUT2D eigenvalue weighted by Gasteiger charge is -2.38. The molecule has 0 aliphatic rings. The highest BCUT2D eigenvalue weighted by atomic mass is 79.9. The number of pyridine rings is 1. The van der Waals surface area contributed by atoms with Gasteiger partial charge in [-0.1, -0.05) is 240 Å². The molecule has 9 rings (SSSR count). The Morgan fingerprint density at radius 3 is 1.43 bits per heavy atom. The number of anilines is 1. The van der Waals surface area contributed by atoms with Crippen LogP contribution in [0.15, 0.2) is 224 Å². The zero-order valence-electron chi connectivity index (χ0n) is 37.7. The minimum Gasteiger partial charge on any atom is -0.444 e. The normalized spacial score (nSPS) is 12.1. The number of aromatic nitrogens is 4. The molecule has 0 spiro atoms. The summed E-state index contributed by atoms with van der Waals surface area (Å²) < 4.78 is 8.61. The molecule has 0 saturated heterocycles. The molecular weight excluding hydrogens is 893 g/mol. The van der Waals surface area contributed by atoms with Crippen molar-refractivity contribution in [3.8, 4) is 0 Å². The van der Waals surface area contributed by atoms with Gasteiger partial charge < -0.3 is 15.0 Å². The summed E-state index contributed by atoms with van der Waals surface area (Å²) in [6, 6.07) is 74.6. The zero-order valence-corrected chi connectivity index (χ0v) is 39.3. The average molecular weight is 944 g/mol. The van der Waals surface area contributed by atoms with Crippen molar-refractivity contribution in [2.24, 2.45) is 0 Å². The minimum atomic E-state index is -1.02. The summed E-state index contributed by atoms with van der Waals surface area (Å²) in [5, 5.41) is 14.2. The molecule has 0 aliphatic carbocycles. The summed E-state index contributed by atoms with van der Waals surface area (Å²) in [7, 11) is 0. The van der Waals surface area contributed by atoms with E-state index in [-0.39, 0.29) is 6.54 Å². The molecule has 0 radical (unpaired) electrons. The molecule has 0 aliphatic heterocycles. The van der Waals surface area contributed by atoms with Gasteiger partial charge in [-0.05, 0) is 65.8 Å². The van der Waals surface area contributed by atoms with Crippen molar-refractivity contribution in [2.45, 2.75) is 44.0 Å². The third-order valence-corrected chi connectivity index (χ3v) is 12.6. The van der Waals surface area contributed by atoms with E-state index < -0.39 is 22.8 Å². The first-order valence-electron chi connectivity index (χ1n) is 22.4. The molecule has 1 N–H and O–H groups in total. The van der Waals surface area contributed by atoms with Crippen LogP contribution in [0.4, 0.5) is 10.6 Å². The fourth-order valence-electron chi connectivity index (χ4n) is 8.89. The summed E-state index contributed by atoms with van der Waals surface area (Å²) in [6.07, 6.45) is 1.57. The van der Waals surface area contributed by atoms with Crippen molar-refractivity contribution in [1.82, 2.24) is 24.9 Å². The fraction of sp³-hybridized carbons (Fsp3) is 0.138. The second-order valence-corrected chi connectivity index (χ2v) is 18.3. The molecule has 67 heavy (non-hydrogen) atoms. The van der Waals surface area contributed by atoms with Crippen molar-refractivity contribution in [1.29, 1.82) is 0 Å². The lowest BCUT2D eigenvalue weighted by atomic mass is 9.77. The van der Waals surface area contributed by atoms with E-state index in [4.69, 9.17) is 20.0 Å². The number of ether oxygens (including phenoxy) is 1. The molecule has 9 aromatic rings. The number of benzene rings is 7. The van der Waals surface area contributed by atoms with Crippen molar-refractivity contribution in [2.75, 3.05) is 11.9 Å². The number of amides is 1. The van der Waals surface area contributed by atoms with Gasteiger partial charge in [-0.2, -0.15) is 0 Å². The number of nitrogens with zero attached hydrogens (tertiary/aromatic N) is 5. The molecule has 0 fully saturated rings. The van der Waals surface area contributed by atoms with Crippen LogP contribution in [-0.2, 0) is 22.4 Å². The highest BCUT2D eigenvalue weighted by Gasteiger charge is 2.42. The van der Waals surface area contributed by atoms with E-state index >= 15 is 0 Å². The Labute approximate surface area is 400 Å². The highest BCUT2D eigenvalue weighted by molar-refractivity contribution is 9.15. The van der Waals surface area contributed by atoms with Crippen LogP contribution < -0.4 is 5.32 Å². The zero-order chi connectivity index (χ0) is 46.3. The van der Waals surface area contributed by atoms with Gasteiger partial charge in [-0.25, -0.2) is 14.5 Å². The predicted octanol–water partition coefficient (Wildman–Crippen LogP) is 13.2. The topological polar surface area (TPSA) is 85.2 Å². The lowest BCUT2D eigenvalue weighted by molar-refractivity contribution is 0.0257. The number of carbonyl (C=O) groups is 1. The molecule has 2 aromatic heterocycles. The Bertz CT molecular complexity index is 2880. The van der Waals surface area contributed by atoms with Gasteiger partial charge in [-0.15, -0.1) is 5.10 Å². The third kappa shape index (κ3) is 9.15. The first-order valence-corrected chi connectivity index (χ1v) is 23.2. The first kappa shape index (κ1) is 44.6. The summed E-state index contributed by atoms with van der Waals surface area (Å²) in [5.41, 5.74) is 6.24. The van der Waals surface area contributed by atoms with Crippen LogP contribution in [0.2, 0.25) is 0 Å². The van der Waals surface area contributed by atoms with Gasteiger partial charge in [0.2, 0.25) is 0 Å². The largest absolute Gasteiger partial charge is 0.444 e. The number of carbonyl (C=O) groups excluding carboxylic acids is 1. The number of rotatable bonds is 14. The number of fused-ring (bicyclic) bond motifs is 1. The van der Waals surface area contributed by atoms with Crippen molar-refractivity contribution in [3.05, 3.63) is 269 Å². The van der Waals surface area contributed by atoms with Gasteiger partial charge in [-0.3, -0.25) is 0 Å². The molecule has 7 aromatic carbocycles. The van der Waals surface area contributed by atoms with E-state index in [1.54, 1.807) is 4.90 Å². The van der Waals surface area contributed by atoms with E-state index in [1.165, 1.54) is 0 Å². The SMILES string of the molecule is CC(C)(C)OC(=O)N(C/C=C(/Br)c1cc(NC(c2ccccc2)(c2ccccc2)c2ccccc2)nc2c1nnn2C(c1ccccc1)(c1ccccc1)c1ccccc1)Cc1ccccc1. The van der Waals surface area contributed by atoms with E-state index in [0.29, 0.717) is 28.0 Å². The number of nitrogens with one attached hydrogen (secondary N) is 1. The average Bonchev–Trinajstić information content (AvgIpc) is 3.80. The van der Waals surface area contributed by atoms with Gasteiger partial charge in [0, 0.05) is 23.1 Å². The van der Waals surface area contributed by atoms with E-state index in [2.05, 4.69) is 167 Å². The summed E-state index contributed by atoms with van der Waals surface area (Å²) in [6.45, 7) is 6.22. The van der Waals surface area contributed by atoms with Gasteiger partial charge in [0.15, 0.2) is 5.65 Å². The predicted molar refractivity (Wildman–Crippen MR) is 273 cm³/mol. The maximum absolute atomic E-state index is 13.9. The Kier molecular flexibility index (Phi) is 12.9. The Morgan fingerprint density at radius 2 is 1.01 bits per heavy atom. The molecule has 9 heteroatoms. The Morgan fingerprint density at radius 1 is 0.612 bits per heavy atom. The maximum atomic E-state index is 13.9. The molecule has 8 nitrogen and oxygen atoms in total. The van der Waals surface area contributed by atoms with Crippen LogP contribution >= 0.6 is 15.9 Å². The van der Waals surface area contributed by atoms with Crippen LogP contribution in [0, 0.1) is 0 Å². The number of halogens is 1. The number of hydrogen-bond acceptors (Lipinski definition) is 6. The van der Waals surface area contributed by atoms with Gasteiger partial charge in [0.25, 0.3) is 0 Å². The molecule has 0 bridgehead atoms. The lowest BCUT2D eigenvalue weighted by Crippen LogP contribution is -2.39. The van der Waals surface area contributed by atoms with Crippen LogP contribution in [0.3, 0.4) is 0 Å². The molecule has 0 saturated carbocycles. The monoisotopic (exact) mass is 942 g/mol. The van der Waals surface area contributed by atoms with Gasteiger partial charge >= 0.3 is 6.09 Å². The highest BCUT2D eigenvalue weighted by Crippen LogP contribution is 2.44. The fourth-order valence-corrected chi connectivity index (χ4v) is 9.33. The van der Waals surface area contributed by atoms with Crippen LogP contribution in [0.5, 0.6) is 0 Å². The molecule has 332 valence electrons. The second kappa shape index (κ2) is 19.5. The van der Waals surface area contributed by atoms with E-state index in [9.17, 15) is 4.79 Å². The van der Waals surface area contributed by atoms with Gasteiger partial charge in [0.1, 0.15) is 28.0 Å². The van der Waals surface area contributed by atoms with Crippen LogP contribution in [0.1, 0.15) is 65.3 Å². The molecule has 1 amide bonds. The molecular formula is C58H51BrN6O2. The van der Waals surface area contributed by atoms with Crippen molar-refractivity contribution >= 4 is 43.5 Å². The molecule has 2 heterocycles. The number of hydrogen-bond donors (Lipinski definition) is 1. The quantitative estimate of drug-likeness (QED) is 0.109. The van der Waals surface area contributed by atoms with Crippen molar-refractivity contribution < 1.29 is 9.53 Å². The minimum absolute atomic E-state index is 0.231. The third-order valence-electron chi connectivity index (χ3n) is 11.9. The summed E-state index contributed by atoms with van der Waals surface area (Å²) >= 11 is 4.02. The first-order chi connectivity index (χ1) is 32.7. The van der Waals surface area contributed by atoms with Gasteiger partial charge in [0.05, 0.1) is 0 Å². The molecule has 0 unspecified atom stereocenters. The molecule has 0 atom stereocenters. The Hall–Kier alpha value is -7.62. The maximum Gasteiger partial charge on any atom is 0.410 e. The van der Waals surface area contributed by atoms with Crippen LogP contribution in [-0.4, -0.2) is 43.1 Å². The summed E-state index contributed by atoms with van der Waals surface area (Å²) in [4.78, 5) is 21.2.